The average Bonchev–Trinajstić information content (AvgIpc) is 2.24. The van der Waals surface area contributed by atoms with E-state index in [1.54, 1.807) is 12.5 Å². The molecular formula is C11H19N3O2S2. The van der Waals surface area contributed by atoms with Crippen LogP contribution in [0.25, 0.3) is 0 Å². The average molecular weight is 289 g/mol. The zero-order valence-corrected chi connectivity index (χ0v) is 12.5. The van der Waals surface area contributed by atoms with E-state index in [0.717, 1.165) is 11.4 Å². The molecule has 1 aliphatic heterocycles. The van der Waals surface area contributed by atoms with Gasteiger partial charge in [-0.15, -0.1) is 0 Å². The predicted molar refractivity (Wildman–Crippen MR) is 77.7 cm³/mol. The summed E-state index contributed by atoms with van der Waals surface area (Å²) < 4.78 is 23.7. The fourth-order valence-corrected chi connectivity index (χ4v) is 2.53. The second-order valence-corrected chi connectivity index (χ2v) is 6.12. The van der Waals surface area contributed by atoms with E-state index in [1.807, 2.05) is 19.1 Å². The number of rotatable bonds is 3. The molecule has 0 unspecified atom stereocenters. The van der Waals surface area contributed by atoms with Crippen molar-refractivity contribution in [2.75, 3.05) is 30.9 Å². The van der Waals surface area contributed by atoms with Gasteiger partial charge < -0.3 is 5.32 Å². The Bertz CT molecular complexity index is 485. The molecule has 1 aliphatic rings. The molecule has 0 bridgehead atoms. The van der Waals surface area contributed by atoms with Crippen molar-refractivity contribution < 1.29 is 8.42 Å². The Morgan fingerprint density at radius 1 is 1.44 bits per heavy atom. The predicted octanol–water partition coefficient (Wildman–Crippen LogP) is 0.992. The largest absolute Gasteiger partial charge is 0.365 e. The summed E-state index contributed by atoms with van der Waals surface area (Å²) in [5.41, 5.74) is 1.14. The van der Waals surface area contributed by atoms with Gasteiger partial charge in [-0.3, -0.25) is 0 Å². The summed E-state index contributed by atoms with van der Waals surface area (Å²) in [6.07, 6.45) is 4.67. The highest BCUT2D eigenvalue weighted by Crippen LogP contribution is 2.16. The minimum atomic E-state index is -3.03. The minimum Gasteiger partial charge on any atom is -0.365 e. The van der Waals surface area contributed by atoms with Gasteiger partial charge in [-0.25, -0.2) is 13.4 Å². The van der Waals surface area contributed by atoms with Gasteiger partial charge in [-0.1, -0.05) is 0 Å². The molecule has 0 saturated carbocycles. The molecule has 0 radical (unpaired) electrons. The third kappa shape index (κ3) is 4.15. The number of nitrogens with zero attached hydrogens (tertiary/aromatic N) is 2. The Morgan fingerprint density at radius 3 is 2.56 bits per heavy atom. The number of aryl methyl sites for hydroxylation is 1. The summed E-state index contributed by atoms with van der Waals surface area (Å²) >= 11 is 3.53. The third-order valence-corrected chi connectivity index (χ3v) is 3.82. The van der Waals surface area contributed by atoms with Crippen LogP contribution in [-0.4, -0.2) is 49.3 Å². The maximum absolute atomic E-state index is 11.1. The van der Waals surface area contributed by atoms with Crippen molar-refractivity contribution >= 4 is 28.5 Å². The molecule has 1 N–H and O–H groups in total. The summed E-state index contributed by atoms with van der Waals surface area (Å²) in [4.78, 5) is 4.17. The van der Waals surface area contributed by atoms with Crippen molar-refractivity contribution in [1.82, 2.24) is 9.29 Å². The molecule has 1 saturated heterocycles. The van der Waals surface area contributed by atoms with Gasteiger partial charge >= 0.3 is 0 Å². The highest BCUT2D eigenvalue weighted by atomic mass is 32.2. The quantitative estimate of drug-likeness (QED) is 0.815. The number of nitrogens with one attached hydrogen (secondary N) is 1. The molecule has 0 spiro atoms. The zero-order valence-electron chi connectivity index (χ0n) is 10.8. The van der Waals surface area contributed by atoms with E-state index in [9.17, 15) is 8.42 Å². The maximum Gasteiger partial charge on any atom is 0.211 e. The number of aromatic nitrogens is 1. The maximum atomic E-state index is 11.1. The molecule has 0 aromatic carbocycles. The van der Waals surface area contributed by atoms with Crippen LogP contribution in [0.4, 0.5) is 5.82 Å². The monoisotopic (exact) mass is 289 g/mol. The molecule has 0 atom stereocenters. The Morgan fingerprint density at radius 2 is 2.06 bits per heavy atom. The van der Waals surface area contributed by atoms with Crippen molar-refractivity contribution in [3.8, 4) is 0 Å². The Balaban J connectivity index is 0.000000771. The number of thiol groups is 1. The second kappa shape index (κ2) is 6.40. The topological polar surface area (TPSA) is 62.3 Å². The Hall–Kier alpha value is -0.790. The van der Waals surface area contributed by atoms with Crippen LogP contribution in [-0.2, 0) is 10.0 Å². The van der Waals surface area contributed by atoms with Crippen molar-refractivity contribution in [3.63, 3.8) is 0 Å². The molecule has 2 heterocycles. The van der Waals surface area contributed by atoms with E-state index < -0.39 is 10.0 Å². The Kier molecular flexibility index (Phi) is 5.43. The first kappa shape index (κ1) is 15.3. The van der Waals surface area contributed by atoms with E-state index in [4.69, 9.17) is 0 Å². The lowest BCUT2D eigenvalue weighted by Gasteiger charge is -2.37. The van der Waals surface area contributed by atoms with Crippen molar-refractivity contribution in [2.45, 2.75) is 13.0 Å². The molecule has 1 aromatic rings. The summed E-state index contributed by atoms with van der Waals surface area (Å²) in [6, 6.07) is 4.04. The van der Waals surface area contributed by atoms with Gasteiger partial charge in [0.2, 0.25) is 10.0 Å². The van der Waals surface area contributed by atoms with Crippen molar-refractivity contribution in [2.24, 2.45) is 0 Å². The normalized spacial score (nSPS) is 16.4. The first-order chi connectivity index (χ1) is 8.45. The van der Waals surface area contributed by atoms with E-state index in [1.165, 1.54) is 10.6 Å². The lowest BCUT2D eigenvalue weighted by atomic mass is 10.2. The van der Waals surface area contributed by atoms with Crippen LogP contribution in [0, 0.1) is 6.92 Å². The fourth-order valence-electron chi connectivity index (χ4n) is 1.62. The minimum absolute atomic E-state index is 0.170. The highest BCUT2D eigenvalue weighted by molar-refractivity contribution is 7.88. The van der Waals surface area contributed by atoms with Gasteiger partial charge in [-0.05, 0) is 30.9 Å². The summed E-state index contributed by atoms with van der Waals surface area (Å²) in [7, 11) is -3.03. The van der Waals surface area contributed by atoms with Gasteiger partial charge in [0.1, 0.15) is 5.82 Å². The molecular weight excluding hydrogens is 270 g/mol. The lowest BCUT2D eigenvalue weighted by molar-refractivity contribution is 0.282. The van der Waals surface area contributed by atoms with Crippen molar-refractivity contribution in [1.29, 1.82) is 0 Å². The molecule has 102 valence electrons. The third-order valence-electron chi connectivity index (χ3n) is 2.58. The smallest absolute Gasteiger partial charge is 0.211 e. The van der Waals surface area contributed by atoms with Gasteiger partial charge in [0.25, 0.3) is 0 Å². The zero-order chi connectivity index (χ0) is 13.8. The van der Waals surface area contributed by atoms with Gasteiger partial charge in [-0.2, -0.15) is 16.9 Å². The number of pyridine rings is 1. The first-order valence-corrected chi connectivity index (χ1v) is 8.28. The molecule has 0 aliphatic carbocycles. The van der Waals surface area contributed by atoms with Crippen LogP contribution in [0.2, 0.25) is 0 Å². The lowest BCUT2D eigenvalue weighted by Crippen LogP contribution is -2.56. The highest BCUT2D eigenvalue weighted by Gasteiger charge is 2.33. The molecule has 2 rings (SSSR count). The molecule has 5 nitrogen and oxygen atoms in total. The van der Waals surface area contributed by atoms with Gasteiger partial charge in [0.15, 0.2) is 0 Å². The molecule has 1 fully saturated rings. The first-order valence-electron chi connectivity index (χ1n) is 5.54. The van der Waals surface area contributed by atoms with Crippen LogP contribution in [0.1, 0.15) is 5.56 Å². The number of hydrogen-bond donors (Lipinski definition) is 2. The van der Waals surface area contributed by atoms with Crippen LogP contribution in [0.15, 0.2) is 18.3 Å². The van der Waals surface area contributed by atoms with Crippen LogP contribution in [0.3, 0.4) is 0 Å². The van der Waals surface area contributed by atoms with E-state index in [0.29, 0.717) is 13.1 Å². The summed E-state index contributed by atoms with van der Waals surface area (Å²) in [5.74, 6) is 0.804. The number of anilines is 1. The van der Waals surface area contributed by atoms with E-state index >= 15 is 0 Å². The number of sulfonamides is 1. The molecule has 7 heteroatoms. The summed E-state index contributed by atoms with van der Waals surface area (Å²) in [5, 5.41) is 3.20. The van der Waals surface area contributed by atoms with Crippen LogP contribution >= 0.6 is 12.6 Å². The Labute approximate surface area is 114 Å². The SMILES string of the molecule is CS.Cc1ccnc(NC2CN(S(C)(=O)=O)C2)c1. The van der Waals surface area contributed by atoms with Crippen LogP contribution < -0.4 is 5.32 Å². The van der Waals surface area contributed by atoms with Gasteiger partial charge in [0, 0.05) is 19.3 Å². The standard InChI is InChI=1S/C10H15N3O2S.CH4S/c1-8-3-4-11-10(5-8)12-9-6-13(7-9)16(2,14)15;1-2/h3-5,9H,6-7H2,1-2H3,(H,11,12);2H,1H3. The van der Waals surface area contributed by atoms with E-state index in [-0.39, 0.29) is 6.04 Å². The second-order valence-electron chi connectivity index (χ2n) is 4.14. The van der Waals surface area contributed by atoms with Crippen molar-refractivity contribution in [3.05, 3.63) is 23.9 Å². The van der Waals surface area contributed by atoms with Gasteiger partial charge in [0.05, 0.1) is 12.3 Å². The molecule has 18 heavy (non-hydrogen) atoms. The number of hydrogen-bond acceptors (Lipinski definition) is 5. The fraction of sp³-hybridized carbons (Fsp3) is 0.545. The van der Waals surface area contributed by atoms with Crippen LogP contribution in [0.5, 0.6) is 0 Å². The summed E-state index contributed by atoms with van der Waals surface area (Å²) in [6.45, 7) is 3.04. The van der Waals surface area contributed by atoms with E-state index in [2.05, 4.69) is 22.9 Å². The molecule has 0 amide bonds. The molecule has 1 aromatic heterocycles.